The molecule has 0 radical (unpaired) electrons. The Kier molecular flexibility index (Phi) is 9.31. The molecule has 13 heteroatoms. The molecular weight excluding hydrogens is 490 g/mol. The van der Waals surface area contributed by atoms with Gasteiger partial charge in [-0.05, 0) is 37.1 Å². The Labute approximate surface area is 211 Å². The van der Waals surface area contributed by atoms with Gasteiger partial charge in [-0.3, -0.25) is 14.1 Å². The number of anilines is 1. The highest BCUT2D eigenvalue weighted by molar-refractivity contribution is 7.92. The number of ether oxygens (including phenoxy) is 3. The van der Waals surface area contributed by atoms with Crippen LogP contribution in [0.4, 0.5) is 5.95 Å². The molecule has 1 aliphatic heterocycles. The zero-order valence-corrected chi connectivity index (χ0v) is 21.6. The van der Waals surface area contributed by atoms with Crippen molar-refractivity contribution in [1.29, 1.82) is 0 Å². The van der Waals surface area contributed by atoms with Gasteiger partial charge in [0.1, 0.15) is 17.2 Å². The van der Waals surface area contributed by atoms with Crippen LogP contribution in [0.5, 0.6) is 11.5 Å². The molecule has 2 aromatic heterocycles. The summed E-state index contributed by atoms with van der Waals surface area (Å²) in [6.07, 6.45) is 3.63. The molecule has 0 bridgehead atoms. The highest BCUT2D eigenvalue weighted by atomic mass is 32.2. The topological polar surface area (TPSA) is 138 Å². The number of amides is 1. The predicted molar refractivity (Wildman–Crippen MR) is 135 cm³/mol. The molecule has 12 nitrogen and oxygen atoms in total. The molecule has 0 aliphatic carbocycles. The molecule has 0 unspecified atom stereocenters. The standard InChI is InChI=1S/C21H25N5O6S.C2H6O.H2/c1-30-15-7-5-8-16(31-2)19(15)26-20(17-9-6-13-32-17)22-23-21(26)24-33(28,29)14-12-25-11-4-3-10-18(25)27;1-3-2;/h5-9,13H,3-4,10-12,14H2,1-2H3,(H,23,24);1-2H3;1H. The van der Waals surface area contributed by atoms with Crippen LogP contribution in [0.15, 0.2) is 41.0 Å². The summed E-state index contributed by atoms with van der Waals surface area (Å²) in [4.78, 5) is 13.6. The van der Waals surface area contributed by atoms with Crippen LogP contribution in [0.3, 0.4) is 0 Å². The number of piperidine rings is 1. The van der Waals surface area contributed by atoms with E-state index in [1.807, 2.05) is 0 Å². The van der Waals surface area contributed by atoms with Crippen molar-refractivity contribution in [2.45, 2.75) is 19.3 Å². The molecule has 1 N–H and O–H groups in total. The fraction of sp³-hybridized carbons (Fsp3) is 0.435. The van der Waals surface area contributed by atoms with Crippen molar-refractivity contribution < 1.29 is 33.3 Å². The number of hydrogen-bond acceptors (Lipinski definition) is 9. The largest absolute Gasteiger partial charge is 0.494 e. The highest BCUT2D eigenvalue weighted by Gasteiger charge is 2.27. The second-order valence-electron chi connectivity index (χ2n) is 7.84. The summed E-state index contributed by atoms with van der Waals surface area (Å²) in [6, 6.07) is 8.54. The second kappa shape index (κ2) is 12.4. The summed E-state index contributed by atoms with van der Waals surface area (Å²) in [5, 5.41) is 8.21. The first-order chi connectivity index (χ1) is 17.3. The number of carbonyl (C=O) groups is 1. The van der Waals surface area contributed by atoms with Crippen molar-refractivity contribution in [2.75, 3.05) is 52.0 Å². The van der Waals surface area contributed by atoms with Gasteiger partial charge in [0.25, 0.3) is 0 Å². The van der Waals surface area contributed by atoms with Crippen molar-refractivity contribution in [2.24, 2.45) is 0 Å². The Morgan fingerprint density at radius 1 is 1.06 bits per heavy atom. The number of hydrogen-bond donors (Lipinski definition) is 1. The zero-order valence-electron chi connectivity index (χ0n) is 20.8. The Morgan fingerprint density at radius 3 is 2.33 bits per heavy atom. The van der Waals surface area contributed by atoms with E-state index in [2.05, 4.69) is 19.7 Å². The van der Waals surface area contributed by atoms with Crippen molar-refractivity contribution in [3.63, 3.8) is 0 Å². The van der Waals surface area contributed by atoms with Gasteiger partial charge in [-0.1, -0.05) is 6.07 Å². The first-order valence-electron chi connectivity index (χ1n) is 11.2. The van der Waals surface area contributed by atoms with Crippen molar-refractivity contribution >= 4 is 21.9 Å². The smallest absolute Gasteiger partial charge is 0.243 e. The van der Waals surface area contributed by atoms with Crippen LogP contribution < -0.4 is 14.2 Å². The van der Waals surface area contributed by atoms with Crippen LogP contribution in [0.1, 0.15) is 20.7 Å². The van der Waals surface area contributed by atoms with Crippen molar-refractivity contribution in [3.05, 3.63) is 36.6 Å². The van der Waals surface area contributed by atoms with Crippen LogP contribution in [0, 0.1) is 0 Å². The van der Waals surface area contributed by atoms with E-state index in [4.69, 9.17) is 13.9 Å². The summed E-state index contributed by atoms with van der Waals surface area (Å²) >= 11 is 0. The number of para-hydroxylation sites is 1. The van der Waals surface area contributed by atoms with Gasteiger partial charge < -0.3 is 23.5 Å². The maximum Gasteiger partial charge on any atom is 0.243 e. The molecule has 0 spiro atoms. The van der Waals surface area contributed by atoms with Crippen LogP contribution in [0.2, 0.25) is 0 Å². The third-order valence-corrected chi connectivity index (χ3v) is 6.54. The van der Waals surface area contributed by atoms with Crippen molar-refractivity contribution in [1.82, 2.24) is 19.7 Å². The number of sulfonamides is 1. The molecule has 1 aromatic carbocycles. The van der Waals surface area contributed by atoms with E-state index >= 15 is 0 Å². The van der Waals surface area contributed by atoms with E-state index in [0.29, 0.717) is 35.9 Å². The Morgan fingerprint density at radius 2 is 1.75 bits per heavy atom. The average molecular weight is 524 g/mol. The number of aromatic nitrogens is 3. The SMILES string of the molecule is COC.COc1cccc(OC)c1-n1c(NS(=O)(=O)CCN2CCCCC2=O)nnc1-c1ccco1.[HH]. The van der Waals surface area contributed by atoms with Gasteiger partial charge in [0, 0.05) is 35.2 Å². The van der Waals surface area contributed by atoms with Gasteiger partial charge in [-0.15, -0.1) is 10.2 Å². The monoisotopic (exact) mass is 523 g/mol. The highest BCUT2D eigenvalue weighted by Crippen LogP contribution is 2.37. The fourth-order valence-electron chi connectivity index (χ4n) is 3.70. The van der Waals surface area contributed by atoms with Gasteiger partial charge in [0.05, 0.1) is 26.2 Å². The quantitative estimate of drug-likeness (QED) is 0.449. The number of rotatable bonds is 9. The Hall–Kier alpha value is -3.58. The van der Waals surface area contributed by atoms with Gasteiger partial charge in [-0.2, -0.15) is 0 Å². The van der Waals surface area contributed by atoms with Gasteiger partial charge >= 0.3 is 0 Å². The second-order valence-corrected chi connectivity index (χ2v) is 9.68. The third kappa shape index (κ3) is 6.34. The van der Waals surface area contributed by atoms with E-state index in [0.717, 1.165) is 12.8 Å². The average Bonchev–Trinajstić information content (AvgIpc) is 3.53. The molecule has 1 saturated heterocycles. The molecule has 1 amide bonds. The van der Waals surface area contributed by atoms with E-state index in [-0.39, 0.29) is 31.4 Å². The number of nitrogens with zero attached hydrogens (tertiary/aromatic N) is 4. The molecule has 198 valence electrons. The number of carbonyl (C=O) groups excluding carboxylic acids is 1. The molecule has 3 heterocycles. The summed E-state index contributed by atoms with van der Waals surface area (Å²) in [5.41, 5.74) is 0.405. The fourth-order valence-corrected chi connectivity index (χ4v) is 4.67. The first-order valence-corrected chi connectivity index (χ1v) is 12.9. The predicted octanol–water partition coefficient (Wildman–Crippen LogP) is 2.81. The Bertz CT molecular complexity index is 1230. The minimum atomic E-state index is -3.86. The van der Waals surface area contributed by atoms with Gasteiger partial charge in [0.15, 0.2) is 5.76 Å². The number of furan rings is 1. The molecule has 36 heavy (non-hydrogen) atoms. The lowest BCUT2D eigenvalue weighted by Gasteiger charge is -2.26. The summed E-state index contributed by atoms with van der Waals surface area (Å²) in [7, 11) is 2.38. The van der Waals surface area contributed by atoms with Crippen LogP contribution in [0.25, 0.3) is 17.3 Å². The lowest BCUT2D eigenvalue weighted by atomic mass is 10.1. The van der Waals surface area contributed by atoms with E-state index in [1.165, 1.54) is 25.0 Å². The number of likely N-dealkylation sites (tertiary alicyclic amines) is 1. The molecule has 3 aromatic rings. The number of nitrogens with one attached hydrogen (secondary N) is 1. The molecule has 0 saturated carbocycles. The Balaban J connectivity index is 0.00000115. The molecular formula is C23H33N5O7S. The third-order valence-electron chi connectivity index (χ3n) is 5.33. The lowest BCUT2D eigenvalue weighted by Crippen LogP contribution is -2.39. The summed E-state index contributed by atoms with van der Waals surface area (Å²) < 4.78 is 50.5. The number of methoxy groups -OCH3 is 3. The maximum atomic E-state index is 12.9. The zero-order chi connectivity index (χ0) is 26.1. The van der Waals surface area contributed by atoms with E-state index < -0.39 is 10.0 Å². The molecule has 0 atom stereocenters. The lowest BCUT2D eigenvalue weighted by molar-refractivity contribution is -0.132. The van der Waals surface area contributed by atoms with Gasteiger partial charge in [0.2, 0.25) is 27.7 Å². The van der Waals surface area contributed by atoms with Gasteiger partial charge in [-0.25, -0.2) is 8.42 Å². The molecule has 1 fully saturated rings. The number of benzene rings is 1. The van der Waals surface area contributed by atoms with Crippen LogP contribution in [-0.4, -0.2) is 81.3 Å². The normalized spacial score (nSPS) is 13.7. The minimum Gasteiger partial charge on any atom is -0.494 e. The van der Waals surface area contributed by atoms with Crippen LogP contribution >= 0.6 is 0 Å². The van der Waals surface area contributed by atoms with Crippen LogP contribution in [-0.2, 0) is 19.6 Å². The minimum absolute atomic E-state index is 0. The molecule has 1 aliphatic rings. The van der Waals surface area contributed by atoms with E-state index in [9.17, 15) is 13.2 Å². The first kappa shape index (κ1) is 27.0. The van der Waals surface area contributed by atoms with E-state index in [1.54, 1.807) is 49.5 Å². The maximum absolute atomic E-state index is 12.9. The summed E-state index contributed by atoms with van der Waals surface area (Å²) in [6.45, 7) is 0.664. The van der Waals surface area contributed by atoms with Crippen molar-refractivity contribution in [3.8, 4) is 28.8 Å². The summed E-state index contributed by atoms with van der Waals surface area (Å²) in [5.74, 6) is 1.10. The molecule has 4 rings (SSSR count).